The molecule has 3 rings (SSSR count). The Morgan fingerprint density at radius 2 is 1.96 bits per heavy atom. The fourth-order valence-corrected chi connectivity index (χ4v) is 3.64. The molecule has 0 spiro atoms. The van der Waals surface area contributed by atoms with Crippen LogP contribution in [-0.2, 0) is 10.0 Å². The molecule has 7 nitrogen and oxygen atoms in total. The first-order valence-corrected chi connectivity index (χ1v) is 9.12. The first-order valence-electron chi connectivity index (χ1n) is 7.26. The van der Waals surface area contributed by atoms with E-state index in [0.717, 1.165) is 0 Å². The maximum Gasteiger partial charge on any atom is 0.255 e. The number of rotatable bonds is 4. The molecular weight excluding hydrogens is 368 g/mol. The number of nitrogens with one attached hydrogen (secondary N) is 2. The molecular formula is C16H15ClN2O5S. The number of amides is 1. The summed E-state index contributed by atoms with van der Waals surface area (Å²) in [4.78, 5) is 12.5. The van der Waals surface area contributed by atoms with E-state index in [4.69, 9.17) is 21.1 Å². The maximum absolute atomic E-state index is 12.5. The summed E-state index contributed by atoms with van der Waals surface area (Å²) in [6.45, 7) is 1.72. The highest BCUT2D eigenvalue weighted by Crippen LogP contribution is 2.39. The molecule has 0 radical (unpaired) electrons. The van der Waals surface area contributed by atoms with Crippen LogP contribution in [0.4, 0.5) is 5.69 Å². The van der Waals surface area contributed by atoms with Crippen LogP contribution in [0.15, 0.2) is 35.2 Å². The number of carbonyl (C=O) groups is 1. The molecule has 0 atom stereocenters. The zero-order chi connectivity index (χ0) is 18.2. The predicted molar refractivity (Wildman–Crippen MR) is 93.0 cm³/mol. The molecule has 132 valence electrons. The number of ether oxygens (including phenoxy) is 2. The summed E-state index contributed by atoms with van der Waals surface area (Å²) in [5.74, 6) is 0.341. The van der Waals surface area contributed by atoms with Gasteiger partial charge in [0, 0.05) is 11.3 Å². The fraction of sp³-hybridized carbons (Fsp3) is 0.188. The molecule has 1 aliphatic heterocycles. The molecule has 0 bridgehead atoms. The van der Waals surface area contributed by atoms with Crippen LogP contribution in [0.5, 0.6) is 11.5 Å². The van der Waals surface area contributed by atoms with Crippen molar-refractivity contribution in [3.63, 3.8) is 0 Å². The largest absolute Gasteiger partial charge is 0.454 e. The maximum atomic E-state index is 12.5. The molecule has 2 aromatic carbocycles. The van der Waals surface area contributed by atoms with Gasteiger partial charge in [0.2, 0.25) is 16.8 Å². The molecule has 2 N–H and O–H groups in total. The Labute approximate surface area is 149 Å². The molecule has 25 heavy (non-hydrogen) atoms. The molecule has 0 unspecified atom stereocenters. The summed E-state index contributed by atoms with van der Waals surface area (Å²) >= 11 is 6.07. The molecule has 2 aromatic rings. The summed E-state index contributed by atoms with van der Waals surface area (Å²) in [7, 11) is -2.30. The van der Waals surface area contributed by atoms with Gasteiger partial charge in [-0.05, 0) is 43.8 Å². The summed E-state index contributed by atoms with van der Waals surface area (Å²) < 4.78 is 36.8. The summed E-state index contributed by atoms with van der Waals surface area (Å²) in [6, 6.07) is 7.61. The zero-order valence-corrected chi connectivity index (χ0v) is 15.0. The van der Waals surface area contributed by atoms with Crippen LogP contribution in [0.3, 0.4) is 0 Å². The average molecular weight is 383 g/mol. The lowest BCUT2D eigenvalue weighted by molar-refractivity contribution is 0.102. The van der Waals surface area contributed by atoms with Crippen LogP contribution in [0.25, 0.3) is 0 Å². The number of hydrogen-bond acceptors (Lipinski definition) is 5. The molecule has 1 aliphatic rings. The van der Waals surface area contributed by atoms with Crippen molar-refractivity contribution in [1.29, 1.82) is 0 Å². The highest BCUT2D eigenvalue weighted by atomic mass is 35.5. The molecule has 0 aliphatic carbocycles. The highest BCUT2D eigenvalue weighted by Gasteiger charge is 2.21. The molecule has 9 heteroatoms. The van der Waals surface area contributed by atoms with E-state index in [1.165, 1.54) is 25.2 Å². The van der Waals surface area contributed by atoms with Crippen LogP contribution < -0.4 is 19.5 Å². The van der Waals surface area contributed by atoms with Gasteiger partial charge in [-0.25, -0.2) is 13.1 Å². The third kappa shape index (κ3) is 3.41. The Morgan fingerprint density at radius 1 is 1.20 bits per heavy atom. The number of fused-ring (bicyclic) bond motifs is 1. The van der Waals surface area contributed by atoms with Crippen LogP contribution in [0.2, 0.25) is 5.02 Å². The zero-order valence-electron chi connectivity index (χ0n) is 13.4. The van der Waals surface area contributed by atoms with Crippen molar-refractivity contribution in [2.24, 2.45) is 0 Å². The fourth-order valence-electron chi connectivity index (χ4n) is 2.38. The van der Waals surface area contributed by atoms with Crippen LogP contribution in [0, 0.1) is 6.92 Å². The Balaban J connectivity index is 1.89. The number of hydrogen-bond donors (Lipinski definition) is 2. The van der Waals surface area contributed by atoms with Crippen LogP contribution in [0.1, 0.15) is 15.9 Å². The third-order valence-electron chi connectivity index (χ3n) is 3.69. The van der Waals surface area contributed by atoms with Crippen molar-refractivity contribution in [1.82, 2.24) is 4.72 Å². The van der Waals surface area contributed by atoms with E-state index in [-0.39, 0.29) is 22.3 Å². The number of anilines is 1. The van der Waals surface area contributed by atoms with Crippen molar-refractivity contribution in [3.05, 3.63) is 46.5 Å². The summed E-state index contributed by atoms with van der Waals surface area (Å²) in [5.41, 5.74) is 1.18. The van der Waals surface area contributed by atoms with Crippen molar-refractivity contribution in [3.8, 4) is 11.5 Å². The molecule has 0 aromatic heterocycles. The minimum atomic E-state index is -3.63. The number of halogens is 1. The van der Waals surface area contributed by atoms with Gasteiger partial charge in [0.15, 0.2) is 11.5 Å². The van der Waals surface area contributed by atoms with Gasteiger partial charge in [-0.3, -0.25) is 4.79 Å². The van der Waals surface area contributed by atoms with E-state index < -0.39 is 15.9 Å². The SMILES string of the molecule is CNS(=O)(=O)c1cc(NC(=O)c2cc(Cl)c3c(c2)OCO3)ccc1C. The molecule has 1 heterocycles. The van der Waals surface area contributed by atoms with Gasteiger partial charge in [-0.15, -0.1) is 0 Å². The predicted octanol–water partition coefficient (Wildman–Crippen LogP) is 2.54. The first kappa shape index (κ1) is 17.5. The normalized spacial score (nSPS) is 12.9. The second-order valence-corrected chi connectivity index (χ2v) is 7.60. The van der Waals surface area contributed by atoms with E-state index in [1.54, 1.807) is 19.1 Å². The Bertz CT molecular complexity index is 959. The van der Waals surface area contributed by atoms with Gasteiger partial charge in [0.25, 0.3) is 5.91 Å². The standard InChI is InChI=1S/C16H15ClN2O5S/c1-9-3-4-11(7-14(9)25(21,22)18-2)19-16(20)10-5-12(17)15-13(6-10)23-8-24-15/h3-7,18H,8H2,1-2H3,(H,19,20). The highest BCUT2D eigenvalue weighted by molar-refractivity contribution is 7.89. The second-order valence-electron chi connectivity index (χ2n) is 5.33. The lowest BCUT2D eigenvalue weighted by atomic mass is 10.1. The average Bonchev–Trinajstić information content (AvgIpc) is 3.05. The lowest BCUT2D eigenvalue weighted by Gasteiger charge is -2.11. The first-order chi connectivity index (χ1) is 11.8. The Morgan fingerprint density at radius 3 is 2.68 bits per heavy atom. The van der Waals surface area contributed by atoms with Gasteiger partial charge in [0.1, 0.15) is 0 Å². The summed E-state index contributed by atoms with van der Waals surface area (Å²) in [5, 5.41) is 2.92. The smallest absolute Gasteiger partial charge is 0.255 e. The topological polar surface area (TPSA) is 93.7 Å². The number of benzene rings is 2. The van der Waals surface area contributed by atoms with Gasteiger partial charge in [-0.1, -0.05) is 17.7 Å². The van der Waals surface area contributed by atoms with Gasteiger partial charge < -0.3 is 14.8 Å². The second kappa shape index (κ2) is 6.55. The molecule has 0 fully saturated rings. The van der Waals surface area contributed by atoms with Crippen LogP contribution in [-0.4, -0.2) is 28.2 Å². The minimum Gasteiger partial charge on any atom is -0.454 e. The Hall–Kier alpha value is -2.29. The van der Waals surface area contributed by atoms with Gasteiger partial charge in [0.05, 0.1) is 9.92 Å². The molecule has 1 amide bonds. The number of sulfonamides is 1. The van der Waals surface area contributed by atoms with E-state index in [1.807, 2.05) is 0 Å². The van der Waals surface area contributed by atoms with E-state index in [9.17, 15) is 13.2 Å². The summed E-state index contributed by atoms with van der Waals surface area (Å²) in [6.07, 6.45) is 0. The van der Waals surface area contributed by atoms with Crippen molar-refractivity contribution < 1.29 is 22.7 Å². The van der Waals surface area contributed by atoms with Crippen molar-refractivity contribution in [2.75, 3.05) is 19.2 Å². The monoisotopic (exact) mass is 382 g/mol. The number of aryl methyl sites for hydroxylation is 1. The van der Waals surface area contributed by atoms with Crippen LogP contribution >= 0.6 is 11.6 Å². The lowest BCUT2D eigenvalue weighted by Crippen LogP contribution is -2.20. The van der Waals surface area contributed by atoms with E-state index in [0.29, 0.717) is 22.7 Å². The van der Waals surface area contributed by atoms with Gasteiger partial charge in [-0.2, -0.15) is 0 Å². The molecule has 0 saturated heterocycles. The van der Waals surface area contributed by atoms with Crippen molar-refractivity contribution in [2.45, 2.75) is 11.8 Å². The minimum absolute atomic E-state index is 0.0450. The van der Waals surface area contributed by atoms with Gasteiger partial charge >= 0.3 is 0 Å². The van der Waals surface area contributed by atoms with Crippen molar-refractivity contribution >= 4 is 33.2 Å². The van der Waals surface area contributed by atoms with E-state index >= 15 is 0 Å². The third-order valence-corrected chi connectivity index (χ3v) is 5.53. The quantitative estimate of drug-likeness (QED) is 0.847. The number of carbonyl (C=O) groups excluding carboxylic acids is 1. The Kier molecular flexibility index (Phi) is 4.59. The van der Waals surface area contributed by atoms with E-state index in [2.05, 4.69) is 10.0 Å². The molecule has 0 saturated carbocycles.